The predicted molar refractivity (Wildman–Crippen MR) is 107 cm³/mol. The molecule has 1 unspecified atom stereocenters. The summed E-state index contributed by atoms with van der Waals surface area (Å²) in [6.07, 6.45) is 1.84. The van der Waals surface area contributed by atoms with Crippen molar-refractivity contribution in [2.45, 2.75) is 29.8 Å². The van der Waals surface area contributed by atoms with Crippen LogP contribution in [0, 0.1) is 0 Å². The number of hydrogen-bond acceptors (Lipinski definition) is 6. The zero-order chi connectivity index (χ0) is 19.5. The molecule has 0 bridgehead atoms. The summed E-state index contributed by atoms with van der Waals surface area (Å²) in [6.45, 7) is 1.08. The maximum atomic E-state index is 12.9. The van der Waals surface area contributed by atoms with Crippen molar-refractivity contribution in [3.05, 3.63) is 53.6 Å². The molecule has 1 N–H and O–H groups in total. The van der Waals surface area contributed by atoms with Crippen LogP contribution in [0.15, 0.2) is 47.4 Å². The SMILES string of the molecule is CN1Sc2cc3c(cc2CC1C(=O)N[C@H](C=O)Cc1ccccc1)OCCO3. The molecule has 0 aliphatic carbocycles. The molecule has 0 aromatic heterocycles. The molecule has 0 saturated heterocycles. The third-order valence-corrected chi connectivity index (χ3v) is 6.03. The zero-order valence-electron chi connectivity index (χ0n) is 15.6. The number of rotatable bonds is 5. The quantitative estimate of drug-likeness (QED) is 0.616. The number of likely N-dealkylation sites (N-methyl/N-ethyl adjacent to an activating group) is 1. The van der Waals surface area contributed by atoms with E-state index < -0.39 is 6.04 Å². The first kappa shape index (κ1) is 18.8. The van der Waals surface area contributed by atoms with Crippen molar-refractivity contribution < 1.29 is 19.1 Å². The Kier molecular flexibility index (Phi) is 5.54. The maximum Gasteiger partial charge on any atom is 0.239 e. The molecule has 146 valence electrons. The van der Waals surface area contributed by atoms with E-state index in [1.165, 1.54) is 11.9 Å². The number of benzene rings is 2. The van der Waals surface area contributed by atoms with Crippen molar-refractivity contribution in [3.8, 4) is 11.5 Å². The van der Waals surface area contributed by atoms with E-state index in [2.05, 4.69) is 5.32 Å². The largest absolute Gasteiger partial charge is 0.486 e. The minimum absolute atomic E-state index is 0.149. The predicted octanol–water partition coefficient (Wildman–Crippen LogP) is 2.25. The average molecular weight is 398 g/mol. The molecule has 2 atom stereocenters. The Morgan fingerprint density at radius 3 is 2.68 bits per heavy atom. The Hall–Kier alpha value is -2.51. The number of amides is 1. The lowest BCUT2D eigenvalue weighted by atomic mass is 10.0. The van der Waals surface area contributed by atoms with Gasteiger partial charge in [0.05, 0.1) is 6.04 Å². The fourth-order valence-corrected chi connectivity index (χ4v) is 4.48. The lowest BCUT2D eigenvalue weighted by molar-refractivity contribution is -0.127. The first-order chi connectivity index (χ1) is 13.6. The van der Waals surface area contributed by atoms with Crippen LogP contribution in [-0.4, -0.2) is 48.8 Å². The molecule has 0 saturated carbocycles. The van der Waals surface area contributed by atoms with Gasteiger partial charge in [-0.05, 0) is 55.1 Å². The summed E-state index contributed by atoms with van der Waals surface area (Å²) in [5, 5.41) is 2.89. The van der Waals surface area contributed by atoms with Crippen LogP contribution in [0.25, 0.3) is 0 Å². The standard InChI is InChI=1S/C21H22N2O4S/c1-23-17(21(25)22-16(13-24)9-14-5-3-2-4-6-14)10-15-11-18-19(12-20(15)28-23)27-8-7-26-18/h2-6,11-13,16-17H,7-10H2,1H3,(H,22,25)/t16-,17?/m0/s1. The minimum atomic E-state index is -0.546. The van der Waals surface area contributed by atoms with Gasteiger partial charge in [0, 0.05) is 4.90 Å². The molecule has 2 aromatic rings. The highest BCUT2D eigenvalue weighted by Crippen LogP contribution is 2.41. The Bertz CT molecular complexity index is 874. The lowest BCUT2D eigenvalue weighted by Gasteiger charge is -2.33. The Morgan fingerprint density at radius 1 is 1.25 bits per heavy atom. The molecule has 0 fully saturated rings. The summed E-state index contributed by atoms with van der Waals surface area (Å²) in [5.41, 5.74) is 2.07. The van der Waals surface area contributed by atoms with Gasteiger partial charge in [-0.1, -0.05) is 30.3 Å². The van der Waals surface area contributed by atoms with Gasteiger partial charge in [0.2, 0.25) is 5.91 Å². The van der Waals surface area contributed by atoms with Gasteiger partial charge < -0.3 is 19.6 Å². The second-order valence-electron chi connectivity index (χ2n) is 6.90. The van der Waals surface area contributed by atoms with Gasteiger partial charge in [-0.3, -0.25) is 4.79 Å². The molecule has 7 heteroatoms. The van der Waals surface area contributed by atoms with Crippen molar-refractivity contribution in [2.75, 3.05) is 20.3 Å². The number of nitrogens with zero attached hydrogens (tertiary/aromatic N) is 1. The zero-order valence-corrected chi connectivity index (χ0v) is 16.4. The van der Waals surface area contributed by atoms with Crippen LogP contribution in [0.5, 0.6) is 11.5 Å². The molecule has 0 spiro atoms. The fraction of sp³-hybridized carbons (Fsp3) is 0.333. The van der Waals surface area contributed by atoms with E-state index in [-0.39, 0.29) is 11.9 Å². The smallest absolute Gasteiger partial charge is 0.239 e. The van der Waals surface area contributed by atoms with E-state index in [0.29, 0.717) is 26.1 Å². The van der Waals surface area contributed by atoms with E-state index >= 15 is 0 Å². The Morgan fingerprint density at radius 2 is 1.96 bits per heavy atom. The number of hydrogen-bond donors (Lipinski definition) is 1. The fourth-order valence-electron chi connectivity index (χ4n) is 3.45. The number of aldehydes is 1. The van der Waals surface area contributed by atoms with Gasteiger partial charge in [-0.15, -0.1) is 0 Å². The monoisotopic (exact) mass is 398 g/mol. The highest BCUT2D eigenvalue weighted by Gasteiger charge is 2.32. The second-order valence-corrected chi connectivity index (χ2v) is 8.10. The van der Waals surface area contributed by atoms with E-state index in [9.17, 15) is 9.59 Å². The molecule has 2 aliphatic heterocycles. The van der Waals surface area contributed by atoms with E-state index in [4.69, 9.17) is 9.47 Å². The Balaban J connectivity index is 1.46. The van der Waals surface area contributed by atoms with Crippen LogP contribution in [-0.2, 0) is 22.4 Å². The molecular weight excluding hydrogens is 376 g/mol. The molecule has 1 amide bonds. The number of ether oxygens (including phenoxy) is 2. The van der Waals surface area contributed by atoms with E-state index in [1.807, 2.05) is 53.8 Å². The summed E-state index contributed by atoms with van der Waals surface area (Å²) < 4.78 is 13.2. The van der Waals surface area contributed by atoms with Crippen molar-refractivity contribution in [2.24, 2.45) is 0 Å². The molecule has 6 nitrogen and oxygen atoms in total. The third kappa shape index (κ3) is 4.00. The summed E-state index contributed by atoms with van der Waals surface area (Å²) in [6, 6.07) is 12.7. The summed E-state index contributed by atoms with van der Waals surface area (Å²) >= 11 is 1.51. The number of carbonyl (C=O) groups excluding carboxylic acids is 2. The average Bonchev–Trinajstić information content (AvgIpc) is 2.72. The number of nitrogens with one attached hydrogen (secondary N) is 1. The van der Waals surface area contributed by atoms with Gasteiger partial charge in [0.1, 0.15) is 25.5 Å². The first-order valence-electron chi connectivity index (χ1n) is 9.27. The van der Waals surface area contributed by atoms with Crippen LogP contribution in [0.1, 0.15) is 11.1 Å². The van der Waals surface area contributed by atoms with Crippen molar-refractivity contribution in [3.63, 3.8) is 0 Å². The molecule has 2 aromatic carbocycles. The van der Waals surface area contributed by atoms with E-state index in [1.54, 1.807) is 0 Å². The molecule has 4 rings (SSSR count). The molecule has 2 aliphatic rings. The van der Waals surface area contributed by atoms with Gasteiger partial charge in [0.25, 0.3) is 0 Å². The van der Waals surface area contributed by atoms with Gasteiger partial charge >= 0.3 is 0 Å². The van der Waals surface area contributed by atoms with Crippen molar-refractivity contribution >= 4 is 24.1 Å². The summed E-state index contributed by atoms with van der Waals surface area (Å²) in [7, 11) is 1.89. The van der Waals surface area contributed by atoms with Crippen LogP contribution in [0.3, 0.4) is 0 Å². The highest BCUT2D eigenvalue weighted by molar-refractivity contribution is 7.97. The third-order valence-electron chi connectivity index (χ3n) is 4.91. The number of carbonyl (C=O) groups is 2. The highest BCUT2D eigenvalue weighted by atomic mass is 32.2. The first-order valence-corrected chi connectivity index (χ1v) is 10.0. The van der Waals surface area contributed by atoms with Crippen LogP contribution < -0.4 is 14.8 Å². The van der Waals surface area contributed by atoms with Crippen LogP contribution in [0.4, 0.5) is 0 Å². The van der Waals surface area contributed by atoms with Crippen molar-refractivity contribution in [1.82, 2.24) is 9.62 Å². The molecule has 2 heterocycles. The maximum absolute atomic E-state index is 12.9. The lowest BCUT2D eigenvalue weighted by Crippen LogP contribution is -2.49. The number of fused-ring (bicyclic) bond motifs is 2. The Labute approximate surface area is 168 Å². The molecular formula is C21H22N2O4S. The van der Waals surface area contributed by atoms with Gasteiger partial charge in [0.15, 0.2) is 11.5 Å². The molecule has 28 heavy (non-hydrogen) atoms. The van der Waals surface area contributed by atoms with E-state index in [0.717, 1.165) is 33.8 Å². The van der Waals surface area contributed by atoms with Gasteiger partial charge in [-0.2, -0.15) is 0 Å². The summed E-state index contributed by atoms with van der Waals surface area (Å²) in [4.78, 5) is 25.5. The van der Waals surface area contributed by atoms with Crippen molar-refractivity contribution in [1.29, 1.82) is 0 Å². The van der Waals surface area contributed by atoms with Crippen LogP contribution >= 0.6 is 11.9 Å². The van der Waals surface area contributed by atoms with Gasteiger partial charge in [-0.25, -0.2) is 4.31 Å². The molecule has 0 radical (unpaired) electrons. The minimum Gasteiger partial charge on any atom is -0.486 e. The normalized spacial score (nSPS) is 19.4. The van der Waals surface area contributed by atoms with Crippen LogP contribution in [0.2, 0.25) is 0 Å². The second kappa shape index (κ2) is 8.24. The topological polar surface area (TPSA) is 67.9 Å². The summed E-state index contributed by atoms with van der Waals surface area (Å²) in [5.74, 6) is 1.32.